The Hall–Kier alpha value is -1.22. The van der Waals surface area contributed by atoms with Crippen molar-refractivity contribution in [3.8, 4) is 0 Å². The third-order valence-electron chi connectivity index (χ3n) is 3.95. The summed E-state index contributed by atoms with van der Waals surface area (Å²) in [5.41, 5.74) is 7.30. The highest BCUT2D eigenvalue weighted by Gasteiger charge is 2.30. The molecule has 0 heterocycles. The summed E-state index contributed by atoms with van der Waals surface area (Å²) >= 11 is 6.38. The summed E-state index contributed by atoms with van der Waals surface area (Å²) in [5.74, 6) is 1.77. The highest BCUT2D eigenvalue weighted by molar-refractivity contribution is 6.33. The van der Waals surface area contributed by atoms with E-state index < -0.39 is 0 Å². The second kappa shape index (κ2) is 5.04. The van der Waals surface area contributed by atoms with E-state index in [1.807, 2.05) is 18.2 Å². The molecule has 1 aromatic carbocycles. The minimum absolute atomic E-state index is 0.0735. The van der Waals surface area contributed by atoms with E-state index >= 15 is 0 Å². The molecule has 2 aliphatic rings. The van der Waals surface area contributed by atoms with Crippen molar-refractivity contribution in [1.82, 2.24) is 0 Å². The molecular weight excluding hydrogens is 258 g/mol. The molecule has 0 unspecified atom stereocenters. The van der Waals surface area contributed by atoms with Gasteiger partial charge in [0.2, 0.25) is 0 Å². The average molecular weight is 278 g/mol. The Labute approximate surface area is 119 Å². The van der Waals surface area contributed by atoms with Crippen LogP contribution in [0.25, 0.3) is 0 Å². The molecule has 2 saturated carbocycles. The molecule has 2 fully saturated rings. The molecule has 0 saturated heterocycles. The Morgan fingerprint density at radius 2 is 1.79 bits per heavy atom. The van der Waals surface area contributed by atoms with E-state index in [1.165, 1.54) is 25.7 Å². The van der Waals surface area contributed by atoms with E-state index in [0.717, 1.165) is 30.6 Å². The summed E-state index contributed by atoms with van der Waals surface area (Å²) in [6.45, 7) is 2.24. The zero-order chi connectivity index (χ0) is 13.4. The Kier molecular flexibility index (Phi) is 3.40. The summed E-state index contributed by atoms with van der Waals surface area (Å²) < 4.78 is 0. The van der Waals surface area contributed by atoms with Gasteiger partial charge in [-0.3, -0.25) is 5.41 Å². The molecule has 19 heavy (non-hydrogen) atoms. The van der Waals surface area contributed by atoms with Gasteiger partial charge in [0.1, 0.15) is 5.84 Å². The molecular formula is C15H20ClN3. The number of nitrogens with zero attached hydrogens (tertiary/aromatic N) is 1. The topological polar surface area (TPSA) is 53.1 Å². The molecule has 0 amide bonds. The number of rotatable bonds is 6. The average Bonchev–Trinajstić information content (AvgIpc) is 3.23. The fourth-order valence-corrected chi connectivity index (χ4v) is 2.73. The first-order chi connectivity index (χ1) is 9.13. The number of hydrogen-bond donors (Lipinski definition) is 2. The number of amidine groups is 1. The maximum Gasteiger partial charge on any atom is 0.122 e. The Balaban J connectivity index is 1.80. The van der Waals surface area contributed by atoms with Crippen LogP contribution < -0.4 is 10.6 Å². The van der Waals surface area contributed by atoms with Gasteiger partial charge in [0.25, 0.3) is 0 Å². The summed E-state index contributed by atoms with van der Waals surface area (Å²) in [6.07, 6.45) is 5.41. The predicted octanol–water partition coefficient (Wildman–Crippen LogP) is 3.25. The van der Waals surface area contributed by atoms with Crippen LogP contribution in [0.2, 0.25) is 5.02 Å². The molecule has 2 aliphatic carbocycles. The lowest BCUT2D eigenvalue weighted by Gasteiger charge is -2.26. The van der Waals surface area contributed by atoms with Crippen LogP contribution in [0.5, 0.6) is 0 Å². The van der Waals surface area contributed by atoms with Crippen LogP contribution >= 0.6 is 11.6 Å². The molecule has 0 bridgehead atoms. The molecule has 3 rings (SSSR count). The largest absolute Gasteiger partial charge is 0.384 e. The van der Waals surface area contributed by atoms with Crippen molar-refractivity contribution in [2.45, 2.75) is 25.7 Å². The lowest BCUT2D eigenvalue weighted by molar-refractivity contribution is 0.679. The van der Waals surface area contributed by atoms with Crippen molar-refractivity contribution in [2.24, 2.45) is 17.6 Å². The van der Waals surface area contributed by atoms with Crippen LogP contribution in [0.1, 0.15) is 31.2 Å². The van der Waals surface area contributed by atoms with Crippen molar-refractivity contribution >= 4 is 23.1 Å². The second-order valence-corrected chi connectivity index (χ2v) is 6.28. The third-order valence-corrected chi connectivity index (χ3v) is 4.25. The van der Waals surface area contributed by atoms with Crippen molar-refractivity contribution in [3.05, 3.63) is 28.8 Å². The zero-order valence-electron chi connectivity index (χ0n) is 11.0. The molecule has 3 nitrogen and oxygen atoms in total. The fraction of sp³-hybridized carbons (Fsp3) is 0.533. The van der Waals surface area contributed by atoms with E-state index in [1.54, 1.807) is 0 Å². The normalized spacial score (nSPS) is 18.4. The molecule has 0 atom stereocenters. The Bertz CT molecular complexity index is 478. The van der Waals surface area contributed by atoms with Gasteiger partial charge in [-0.05, 0) is 55.7 Å². The molecule has 1 aromatic rings. The van der Waals surface area contributed by atoms with Gasteiger partial charge in [-0.25, -0.2) is 0 Å². The number of benzene rings is 1. The van der Waals surface area contributed by atoms with Crippen molar-refractivity contribution in [3.63, 3.8) is 0 Å². The number of hydrogen-bond acceptors (Lipinski definition) is 2. The smallest absolute Gasteiger partial charge is 0.122 e. The number of nitrogens with two attached hydrogens (primary N) is 1. The van der Waals surface area contributed by atoms with Gasteiger partial charge in [0.05, 0.1) is 10.7 Å². The van der Waals surface area contributed by atoms with Gasteiger partial charge < -0.3 is 10.6 Å². The molecule has 0 aliphatic heterocycles. The summed E-state index contributed by atoms with van der Waals surface area (Å²) in [4.78, 5) is 2.43. The first-order valence-corrected chi connectivity index (χ1v) is 7.40. The summed E-state index contributed by atoms with van der Waals surface area (Å²) in [5, 5.41) is 8.18. The highest BCUT2D eigenvalue weighted by Crippen LogP contribution is 2.37. The minimum Gasteiger partial charge on any atom is -0.384 e. The zero-order valence-corrected chi connectivity index (χ0v) is 11.8. The van der Waals surface area contributed by atoms with Crippen LogP contribution in [0.4, 0.5) is 5.69 Å². The van der Waals surface area contributed by atoms with Gasteiger partial charge >= 0.3 is 0 Å². The quantitative estimate of drug-likeness (QED) is 0.619. The van der Waals surface area contributed by atoms with Gasteiger partial charge in [-0.15, -0.1) is 0 Å². The first kappa shape index (κ1) is 12.8. The maximum atomic E-state index is 7.46. The highest BCUT2D eigenvalue weighted by atomic mass is 35.5. The monoisotopic (exact) mass is 277 g/mol. The van der Waals surface area contributed by atoms with Crippen LogP contribution in [0.15, 0.2) is 18.2 Å². The van der Waals surface area contributed by atoms with Gasteiger partial charge in [-0.2, -0.15) is 0 Å². The third kappa shape index (κ3) is 3.21. The summed E-state index contributed by atoms with van der Waals surface area (Å²) in [6, 6.07) is 5.73. The lowest BCUT2D eigenvalue weighted by atomic mass is 10.1. The van der Waals surface area contributed by atoms with Crippen LogP contribution in [0, 0.1) is 17.2 Å². The number of nitrogen functional groups attached to an aromatic ring is 1. The van der Waals surface area contributed by atoms with E-state index in [-0.39, 0.29) is 5.84 Å². The molecule has 102 valence electrons. The lowest BCUT2D eigenvalue weighted by Crippen LogP contribution is -2.28. The number of nitrogens with one attached hydrogen (secondary N) is 1. The van der Waals surface area contributed by atoms with Gasteiger partial charge in [0, 0.05) is 18.7 Å². The van der Waals surface area contributed by atoms with E-state index in [9.17, 15) is 0 Å². The fourth-order valence-electron chi connectivity index (χ4n) is 2.43. The van der Waals surface area contributed by atoms with Gasteiger partial charge in [-0.1, -0.05) is 11.6 Å². The van der Waals surface area contributed by atoms with Gasteiger partial charge in [0.15, 0.2) is 0 Å². The molecule has 0 radical (unpaired) electrons. The first-order valence-electron chi connectivity index (χ1n) is 7.02. The Morgan fingerprint density at radius 3 is 2.21 bits per heavy atom. The van der Waals surface area contributed by atoms with Crippen molar-refractivity contribution in [1.29, 1.82) is 5.41 Å². The van der Waals surface area contributed by atoms with E-state index in [4.69, 9.17) is 22.7 Å². The van der Waals surface area contributed by atoms with Crippen LogP contribution in [0.3, 0.4) is 0 Å². The van der Waals surface area contributed by atoms with Crippen molar-refractivity contribution in [2.75, 3.05) is 18.0 Å². The molecule has 0 spiro atoms. The molecule has 4 heteroatoms. The van der Waals surface area contributed by atoms with Crippen molar-refractivity contribution < 1.29 is 0 Å². The van der Waals surface area contributed by atoms with Crippen LogP contribution in [-0.2, 0) is 0 Å². The molecule has 0 aromatic heterocycles. The maximum absolute atomic E-state index is 7.46. The number of anilines is 1. The summed E-state index contributed by atoms with van der Waals surface area (Å²) in [7, 11) is 0. The number of halogens is 1. The standard InChI is InChI=1S/C15H20ClN3/c16-13-7-12(15(17)18)5-6-14(13)19(8-10-1-2-10)9-11-3-4-11/h5-7,10-11H,1-4,8-9H2,(H3,17,18). The SMILES string of the molecule is N=C(N)c1ccc(N(CC2CC2)CC2CC2)c(Cl)c1. The second-order valence-electron chi connectivity index (χ2n) is 5.87. The predicted molar refractivity (Wildman–Crippen MR) is 80.1 cm³/mol. The molecule has 3 N–H and O–H groups in total. The Morgan fingerprint density at radius 1 is 1.21 bits per heavy atom. The van der Waals surface area contributed by atoms with E-state index in [0.29, 0.717) is 10.6 Å². The minimum atomic E-state index is 0.0735. The van der Waals surface area contributed by atoms with Crippen LogP contribution in [-0.4, -0.2) is 18.9 Å². The van der Waals surface area contributed by atoms with E-state index in [2.05, 4.69) is 4.90 Å².